The van der Waals surface area contributed by atoms with Gasteiger partial charge in [-0.05, 0) is 32.6 Å². The second-order valence-corrected chi connectivity index (χ2v) is 4.99. The fourth-order valence-corrected chi connectivity index (χ4v) is 2.49. The third-order valence-electron chi connectivity index (χ3n) is 3.69. The molecule has 1 fully saturated rings. The summed E-state index contributed by atoms with van der Waals surface area (Å²) in [5, 5.41) is 12.8. The maximum absolute atomic E-state index is 12.2. The van der Waals surface area contributed by atoms with Crippen LogP contribution in [0.25, 0.3) is 0 Å². The van der Waals surface area contributed by atoms with Crippen molar-refractivity contribution in [2.45, 2.75) is 33.1 Å². The standard InChI is InChI=1S/C13H20N2O3/c1-9-12(10(2)18-14-9)7-13(17)15-5-3-11(8-15)4-6-16/h11,16H,3-8H2,1-2H3. The monoisotopic (exact) mass is 252 g/mol. The smallest absolute Gasteiger partial charge is 0.227 e. The highest BCUT2D eigenvalue weighted by atomic mass is 16.5. The van der Waals surface area contributed by atoms with E-state index in [1.54, 1.807) is 0 Å². The zero-order valence-corrected chi connectivity index (χ0v) is 11.0. The third-order valence-corrected chi connectivity index (χ3v) is 3.69. The van der Waals surface area contributed by atoms with Crippen molar-refractivity contribution >= 4 is 5.91 Å². The number of aryl methyl sites for hydroxylation is 2. The van der Waals surface area contributed by atoms with Crippen LogP contribution in [0.5, 0.6) is 0 Å². The van der Waals surface area contributed by atoms with E-state index in [0.717, 1.165) is 42.9 Å². The highest BCUT2D eigenvalue weighted by Gasteiger charge is 2.26. The van der Waals surface area contributed by atoms with Crippen LogP contribution in [-0.2, 0) is 11.2 Å². The van der Waals surface area contributed by atoms with Crippen LogP contribution in [0.1, 0.15) is 29.9 Å². The van der Waals surface area contributed by atoms with Crippen LogP contribution >= 0.6 is 0 Å². The molecule has 1 aromatic heterocycles. The average molecular weight is 252 g/mol. The van der Waals surface area contributed by atoms with E-state index in [4.69, 9.17) is 9.63 Å². The molecule has 18 heavy (non-hydrogen) atoms. The lowest BCUT2D eigenvalue weighted by molar-refractivity contribution is -0.129. The summed E-state index contributed by atoms with van der Waals surface area (Å²) < 4.78 is 5.06. The number of amides is 1. The fraction of sp³-hybridized carbons (Fsp3) is 0.692. The first-order chi connectivity index (χ1) is 8.61. The number of hydrogen-bond donors (Lipinski definition) is 1. The zero-order valence-electron chi connectivity index (χ0n) is 11.0. The second-order valence-electron chi connectivity index (χ2n) is 4.99. The van der Waals surface area contributed by atoms with Crippen molar-refractivity contribution in [2.24, 2.45) is 5.92 Å². The van der Waals surface area contributed by atoms with Gasteiger partial charge in [0.15, 0.2) is 0 Å². The quantitative estimate of drug-likeness (QED) is 0.870. The van der Waals surface area contributed by atoms with E-state index < -0.39 is 0 Å². The molecule has 0 spiro atoms. The van der Waals surface area contributed by atoms with Crippen molar-refractivity contribution < 1.29 is 14.4 Å². The normalized spacial score (nSPS) is 19.5. The van der Waals surface area contributed by atoms with Gasteiger partial charge in [-0.25, -0.2) is 0 Å². The number of carbonyl (C=O) groups is 1. The molecule has 0 radical (unpaired) electrons. The highest BCUT2D eigenvalue weighted by Crippen LogP contribution is 2.21. The topological polar surface area (TPSA) is 66.6 Å². The highest BCUT2D eigenvalue weighted by molar-refractivity contribution is 5.79. The van der Waals surface area contributed by atoms with Crippen molar-refractivity contribution in [2.75, 3.05) is 19.7 Å². The zero-order chi connectivity index (χ0) is 13.1. The summed E-state index contributed by atoms with van der Waals surface area (Å²) >= 11 is 0. The summed E-state index contributed by atoms with van der Waals surface area (Å²) in [4.78, 5) is 14.0. The Morgan fingerprint density at radius 1 is 1.56 bits per heavy atom. The van der Waals surface area contributed by atoms with Gasteiger partial charge in [-0.3, -0.25) is 4.79 Å². The van der Waals surface area contributed by atoms with Crippen molar-refractivity contribution in [3.8, 4) is 0 Å². The van der Waals surface area contributed by atoms with Gasteiger partial charge in [-0.1, -0.05) is 5.16 Å². The summed E-state index contributed by atoms with van der Waals surface area (Å²) in [6, 6.07) is 0. The van der Waals surface area contributed by atoms with Crippen LogP contribution in [0.4, 0.5) is 0 Å². The van der Waals surface area contributed by atoms with E-state index in [2.05, 4.69) is 5.16 Å². The van der Waals surface area contributed by atoms with E-state index in [-0.39, 0.29) is 12.5 Å². The van der Waals surface area contributed by atoms with Gasteiger partial charge < -0.3 is 14.5 Å². The number of aromatic nitrogens is 1. The molecule has 1 aliphatic heterocycles. The summed E-state index contributed by atoms with van der Waals surface area (Å²) in [7, 11) is 0. The van der Waals surface area contributed by atoms with E-state index in [9.17, 15) is 4.79 Å². The number of hydrogen-bond acceptors (Lipinski definition) is 4. The van der Waals surface area contributed by atoms with Gasteiger partial charge >= 0.3 is 0 Å². The molecule has 2 rings (SSSR count). The van der Waals surface area contributed by atoms with Gasteiger partial charge in [-0.15, -0.1) is 0 Å². The maximum Gasteiger partial charge on any atom is 0.227 e. The molecule has 0 bridgehead atoms. The van der Waals surface area contributed by atoms with Crippen LogP contribution in [-0.4, -0.2) is 40.8 Å². The number of nitrogens with zero attached hydrogens (tertiary/aromatic N) is 2. The van der Waals surface area contributed by atoms with Gasteiger partial charge in [0.2, 0.25) is 5.91 Å². The maximum atomic E-state index is 12.2. The van der Waals surface area contributed by atoms with Crippen LogP contribution in [0.3, 0.4) is 0 Å². The Bertz CT molecular complexity index is 408. The Morgan fingerprint density at radius 3 is 2.94 bits per heavy atom. The number of carbonyl (C=O) groups excluding carboxylic acids is 1. The molecule has 1 aliphatic rings. The Hall–Kier alpha value is -1.36. The molecular weight excluding hydrogens is 232 g/mol. The molecule has 0 aromatic carbocycles. The molecule has 5 heteroatoms. The number of likely N-dealkylation sites (tertiary alicyclic amines) is 1. The Kier molecular flexibility index (Phi) is 4.01. The molecule has 1 saturated heterocycles. The number of aliphatic hydroxyl groups is 1. The second kappa shape index (κ2) is 5.52. The molecule has 100 valence electrons. The van der Waals surface area contributed by atoms with Gasteiger partial charge in [0.25, 0.3) is 0 Å². The first-order valence-corrected chi connectivity index (χ1v) is 6.42. The first kappa shape index (κ1) is 13.1. The van der Waals surface area contributed by atoms with E-state index >= 15 is 0 Å². The minimum atomic E-state index is 0.129. The average Bonchev–Trinajstić information content (AvgIpc) is 2.91. The summed E-state index contributed by atoms with van der Waals surface area (Å²) in [5.74, 6) is 1.31. The SMILES string of the molecule is Cc1noc(C)c1CC(=O)N1CCC(CCO)C1. The molecule has 2 heterocycles. The summed E-state index contributed by atoms with van der Waals surface area (Å²) in [5.41, 5.74) is 1.71. The van der Waals surface area contributed by atoms with Crippen LogP contribution in [0.2, 0.25) is 0 Å². The molecule has 0 aliphatic carbocycles. The Morgan fingerprint density at radius 2 is 2.33 bits per heavy atom. The lowest BCUT2D eigenvalue weighted by Gasteiger charge is -2.16. The fourth-order valence-electron chi connectivity index (χ4n) is 2.49. The van der Waals surface area contributed by atoms with Gasteiger partial charge in [0.05, 0.1) is 12.1 Å². The largest absolute Gasteiger partial charge is 0.396 e. The molecule has 1 unspecified atom stereocenters. The van der Waals surface area contributed by atoms with E-state index in [0.29, 0.717) is 12.3 Å². The molecular formula is C13H20N2O3. The van der Waals surface area contributed by atoms with Crippen molar-refractivity contribution in [1.82, 2.24) is 10.1 Å². The van der Waals surface area contributed by atoms with Crippen molar-refractivity contribution in [1.29, 1.82) is 0 Å². The van der Waals surface area contributed by atoms with Crippen molar-refractivity contribution in [3.63, 3.8) is 0 Å². The van der Waals surface area contributed by atoms with E-state index in [1.165, 1.54) is 0 Å². The van der Waals surface area contributed by atoms with Gasteiger partial charge in [0, 0.05) is 25.3 Å². The predicted octanol–water partition coefficient (Wildman–Crippen LogP) is 1.06. The van der Waals surface area contributed by atoms with Crippen LogP contribution in [0, 0.1) is 19.8 Å². The Labute approximate surface area is 107 Å². The lowest BCUT2D eigenvalue weighted by atomic mass is 10.1. The molecule has 1 amide bonds. The molecule has 1 aromatic rings. The van der Waals surface area contributed by atoms with Gasteiger partial charge in [0.1, 0.15) is 5.76 Å². The van der Waals surface area contributed by atoms with E-state index in [1.807, 2.05) is 18.7 Å². The minimum absolute atomic E-state index is 0.129. The Balaban J connectivity index is 1.93. The predicted molar refractivity (Wildman–Crippen MR) is 66.1 cm³/mol. The minimum Gasteiger partial charge on any atom is -0.396 e. The number of aliphatic hydroxyl groups excluding tert-OH is 1. The van der Waals surface area contributed by atoms with Gasteiger partial charge in [-0.2, -0.15) is 0 Å². The third kappa shape index (κ3) is 2.72. The molecule has 1 atom stereocenters. The lowest BCUT2D eigenvalue weighted by Crippen LogP contribution is -2.30. The van der Waals surface area contributed by atoms with Crippen LogP contribution in [0.15, 0.2) is 4.52 Å². The van der Waals surface area contributed by atoms with Crippen molar-refractivity contribution in [3.05, 3.63) is 17.0 Å². The number of rotatable bonds is 4. The summed E-state index contributed by atoms with van der Waals surface area (Å²) in [6.07, 6.45) is 2.15. The molecule has 1 N–H and O–H groups in total. The summed E-state index contributed by atoms with van der Waals surface area (Å²) in [6.45, 7) is 5.46. The first-order valence-electron chi connectivity index (χ1n) is 6.42. The van der Waals surface area contributed by atoms with Crippen LogP contribution < -0.4 is 0 Å². The molecule has 0 saturated carbocycles. The molecule has 5 nitrogen and oxygen atoms in total.